The molecule has 1 rings (SSSR count). The zero-order valence-corrected chi connectivity index (χ0v) is 6.54. The highest BCUT2D eigenvalue weighted by Gasteiger charge is 2.41. The highest BCUT2D eigenvalue weighted by molar-refractivity contribution is 4.91. The number of rotatable bonds is 1. The molecule has 0 aliphatic heterocycles. The van der Waals surface area contributed by atoms with E-state index in [1.165, 1.54) is 0 Å². The van der Waals surface area contributed by atoms with Gasteiger partial charge < -0.3 is 25.5 Å². The molecule has 0 heterocycles. The topological polar surface area (TPSA) is 101 Å². The van der Waals surface area contributed by atoms with Crippen molar-refractivity contribution in [2.45, 2.75) is 30.8 Å². The zero-order chi connectivity index (χ0) is 9.30. The molecule has 1 fully saturated rings. The lowest BCUT2D eigenvalue weighted by atomic mass is 9.81. The van der Waals surface area contributed by atoms with Crippen molar-refractivity contribution in [2.24, 2.45) is 5.92 Å². The lowest BCUT2D eigenvalue weighted by Crippen LogP contribution is -2.54. The normalized spacial score (nSPS) is 49.2. The van der Waals surface area contributed by atoms with Crippen molar-refractivity contribution in [2.75, 3.05) is 6.61 Å². The average molecular weight is 178 g/mol. The lowest BCUT2D eigenvalue weighted by Gasteiger charge is -2.37. The first kappa shape index (κ1) is 9.88. The van der Waals surface area contributed by atoms with Gasteiger partial charge in [0.05, 0.1) is 12.2 Å². The summed E-state index contributed by atoms with van der Waals surface area (Å²) in [6, 6.07) is 0. The molecule has 0 bridgehead atoms. The van der Waals surface area contributed by atoms with Gasteiger partial charge in [-0.2, -0.15) is 0 Å². The summed E-state index contributed by atoms with van der Waals surface area (Å²) in [4.78, 5) is 0. The molecule has 72 valence electrons. The van der Waals surface area contributed by atoms with Crippen molar-refractivity contribution in [3.05, 3.63) is 0 Å². The third-order valence-electron chi connectivity index (χ3n) is 2.36. The average Bonchev–Trinajstić information content (AvgIpc) is 2.08. The van der Waals surface area contributed by atoms with Gasteiger partial charge in [-0.1, -0.05) is 0 Å². The predicted molar refractivity (Wildman–Crippen MR) is 39.2 cm³/mol. The first-order valence-corrected chi connectivity index (χ1v) is 3.91. The maximum absolute atomic E-state index is 9.24. The fraction of sp³-hybridized carbons (Fsp3) is 1.00. The molecule has 5 nitrogen and oxygen atoms in total. The Kier molecular flexibility index (Phi) is 3.03. The largest absolute Gasteiger partial charge is 0.396 e. The van der Waals surface area contributed by atoms with Crippen molar-refractivity contribution in [1.29, 1.82) is 0 Å². The Labute approximate surface area is 69.9 Å². The van der Waals surface area contributed by atoms with Crippen LogP contribution in [0.2, 0.25) is 0 Å². The van der Waals surface area contributed by atoms with Gasteiger partial charge in [-0.15, -0.1) is 0 Å². The van der Waals surface area contributed by atoms with Gasteiger partial charge >= 0.3 is 0 Å². The molecule has 0 aromatic heterocycles. The van der Waals surface area contributed by atoms with Crippen molar-refractivity contribution in [3.8, 4) is 0 Å². The Hall–Kier alpha value is -0.200. The molecule has 0 saturated heterocycles. The first-order chi connectivity index (χ1) is 5.57. The summed E-state index contributed by atoms with van der Waals surface area (Å²) in [6.07, 6.45) is -4.81. The molecule has 5 atom stereocenters. The highest BCUT2D eigenvalue weighted by Crippen LogP contribution is 2.25. The number of hydrogen-bond acceptors (Lipinski definition) is 5. The van der Waals surface area contributed by atoms with Gasteiger partial charge in [0.15, 0.2) is 0 Å². The van der Waals surface area contributed by atoms with Crippen molar-refractivity contribution >= 4 is 0 Å². The van der Waals surface area contributed by atoms with E-state index in [0.717, 1.165) is 0 Å². The van der Waals surface area contributed by atoms with Gasteiger partial charge in [0.25, 0.3) is 0 Å². The third kappa shape index (κ3) is 1.60. The smallest absolute Gasteiger partial charge is 0.109 e. The van der Waals surface area contributed by atoms with Crippen LogP contribution >= 0.6 is 0 Å². The standard InChI is InChI=1S/C7H14O5/c8-2-3-1-4(9)6(11)7(12)5(3)10/h3-12H,1-2H2/t3?,4-,5-,6+,7?/m0/s1. The molecule has 0 spiro atoms. The predicted octanol–water partition coefficient (Wildman–Crippen LogP) is -2.56. The molecule has 5 heteroatoms. The fourth-order valence-electron chi connectivity index (χ4n) is 1.48. The van der Waals surface area contributed by atoms with Crippen LogP contribution in [0.15, 0.2) is 0 Å². The van der Waals surface area contributed by atoms with Crippen LogP contribution in [0.4, 0.5) is 0 Å². The molecule has 2 unspecified atom stereocenters. The quantitative estimate of drug-likeness (QED) is 0.304. The summed E-state index contributed by atoms with van der Waals surface area (Å²) in [5.74, 6) is -0.557. The molecule has 12 heavy (non-hydrogen) atoms. The fourth-order valence-corrected chi connectivity index (χ4v) is 1.48. The summed E-state index contributed by atoms with van der Waals surface area (Å²) >= 11 is 0. The molecular weight excluding hydrogens is 164 g/mol. The van der Waals surface area contributed by atoms with Crippen LogP contribution in [0.5, 0.6) is 0 Å². The maximum atomic E-state index is 9.24. The molecule has 0 radical (unpaired) electrons. The van der Waals surface area contributed by atoms with E-state index in [-0.39, 0.29) is 13.0 Å². The second-order valence-electron chi connectivity index (χ2n) is 3.22. The minimum atomic E-state index is -1.37. The van der Waals surface area contributed by atoms with Crippen LogP contribution in [-0.4, -0.2) is 56.6 Å². The van der Waals surface area contributed by atoms with E-state index >= 15 is 0 Å². The summed E-state index contributed by atoms with van der Waals surface area (Å²) in [5, 5.41) is 45.3. The summed E-state index contributed by atoms with van der Waals surface area (Å²) in [5.41, 5.74) is 0. The second kappa shape index (κ2) is 3.68. The summed E-state index contributed by atoms with van der Waals surface area (Å²) < 4.78 is 0. The van der Waals surface area contributed by atoms with Crippen LogP contribution in [0.1, 0.15) is 6.42 Å². The Bertz CT molecular complexity index is 146. The molecular formula is C7H14O5. The maximum Gasteiger partial charge on any atom is 0.109 e. The number of hydrogen-bond donors (Lipinski definition) is 5. The van der Waals surface area contributed by atoms with Gasteiger partial charge in [-0.25, -0.2) is 0 Å². The van der Waals surface area contributed by atoms with Gasteiger partial charge in [0, 0.05) is 12.5 Å². The molecule has 1 aliphatic carbocycles. The van der Waals surface area contributed by atoms with E-state index in [2.05, 4.69) is 0 Å². The summed E-state index contributed by atoms with van der Waals surface area (Å²) in [7, 11) is 0. The van der Waals surface area contributed by atoms with E-state index in [0.29, 0.717) is 0 Å². The zero-order valence-electron chi connectivity index (χ0n) is 6.54. The SMILES string of the molecule is OCC1C[C@H](O)[C@@H](O)C(O)[C@H]1O. The van der Waals surface area contributed by atoms with Gasteiger partial charge in [-0.05, 0) is 6.42 Å². The minimum absolute atomic E-state index is 0.107. The lowest BCUT2D eigenvalue weighted by molar-refractivity contribution is -0.163. The van der Waals surface area contributed by atoms with Gasteiger partial charge in [0.2, 0.25) is 0 Å². The van der Waals surface area contributed by atoms with Gasteiger partial charge in [-0.3, -0.25) is 0 Å². The molecule has 5 N–H and O–H groups in total. The molecule has 1 saturated carbocycles. The van der Waals surface area contributed by atoms with E-state index < -0.39 is 30.3 Å². The van der Waals surface area contributed by atoms with Crippen molar-refractivity contribution < 1.29 is 25.5 Å². The monoisotopic (exact) mass is 178 g/mol. The molecule has 1 aliphatic rings. The Balaban J connectivity index is 2.63. The van der Waals surface area contributed by atoms with E-state index in [1.54, 1.807) is 0 Å². The van der Waals surface area contributed by atoms with Crippen LogP contribution in [0.3, 0.4) is 0 Å². The van der Waals surface area contributed by atoms with Gasteiger partial charge in [0.1, 0.15) is 12.2 Å². The second-order valence-corrected chi connectivity index (χ2v) is 3.22. The van der Waals surface area contributed by atoms with Crippen LogP contribution in [-0.2, 0) is 0 Å². The Morgan fingerprint density at radius 2 is 1.50 bits per heavy atom. The van der Waals surface area contributed by atoms with Crippen LogP contribution in [0, 0.1) is 5.92 Å². The molecule has 0 amide bonds. The van der Waals surface area contributed by atoms with E-state index in [4.69, 9.17) is 20.4 Å². The number of aliphatic hydroxyl groups excluding tert-OH is 5. The van der Waals surface area contributed by atoms with E-state index in [9.17, 15) is 5.11 Å². The summed E-state index contributed by atoms with van der Waals surface area (Å²) in [6.45, 7) is -0.304. The number of aliphatic hydroxyl groups is 5. The highest BCUT2D eigenvalue weighted by atomic mass is 16.4. The Morgan fingerprint density at radius 3 is 2.00 bits per heavy atom. The molecule has 0 aromatic rings. The first-order valence-electron chi connectivity index (χ1n) is 3.91. The van der Waals surface area contributed by atoms with E-state index in [1.807, 2.05) is 0 Å². The Morgan fingerprint density at radius 1 is 0.917 bits per heavy atom. The van der Waals surface area contributed by atoms with Crippen LogP contribution < -0.4 is 0 Å². The minimum Gasteiger partial charge on any atom is -0.396 e. The van der Waals surface area contributed by atoms with Crippen molar-refractivity contribution in [1.82, 2.24) is 0 Å². The van der Waals surface area contributed by atoms with Crippen LogP contribution in [0.25, 0.3) is 0 Å². The third-order valence-corrected chi connectivity index (χ3v) is 2.36. The molecule has 0 aromatic carbocycles. The van der Waals surface area contributed by atoms with Crippen molar-refractivity contribution in [3.63, 3.8) is 0 Å².